The van der Waals surface area contributed by atoms with Crippen molar-refractivity contribution in [3.8, 4) is 0 Å². The lowest BCUT2D eigenvalue weighted by Gasteiger charge is -1.99. The van der Waals surface area contributed by atoms with Gasteiger partial charge in [0.25, 0.3) is 5.56 Å². The largest absolute Gasteiger partial charge is 0.288 e. The molecule has 0 amide bonds. The smallest absolute Gasteiger partial charge is 0.274 e. The number of aromatic nitrogens is 3. The van der Waals surface area contributed by atoms with E-state index in [1.165, 1.54) is 6.21 Å². The van der Waals surface area contributed by atoms with Gasteiger partial charge in [-0.1, -0.05) is 29.3 Å². The van der Waals surface area contributed by atoms with Crippen molar-refractivity contribution in [1.82, 2.24) is 15.2 Å². The molecule has 0 saturated heterocycles. The predicted octanol–water partition coefficient (Wildman–Crippen LogP) is 2.23. The molecule has 0 radical (unpaired) electrons. The summed E-state index contributed by atoms with van der Waals surface area (Å²) in [5, 5.41) is 12.2. The zero-order valence-electron chi connectivity index (χ0n) is 9.82. The van der Waals surface area contributed by atoms with Gasteiger partial charge in [0.2, 0.25) is 5.95 Å². The molecule has 2 aromatic rings. The van der Waals surface area contributed by atoms with Crippen LogP contribution < -0.4 is 11.0 Å². The van der Waals surface area contributed by atoms with Crippen molar-refractivity contribution in [2.24, 2.45) is 5.10 Å². The van der Waals surface area contributed by atoms with E-state index in [2.05, 4.69) is 25.7 Å². The van der Waals surface area contributed by atoms with Crippen molar-refractivity contribution >= 4 is 35.4 Å². The molecule has 0 aliphatic heterocycles. The normalized spacial score (nSPS) is 10.9. The van der Waals surface area contributed by atoms with E-state index in [4.69, 9.17) is 23.2 Å². The van der Waals surface area contributed by atoms with Crippen LogP contribution in [0.5, 0.6) is 0 Å². The summed E-state index contributed by atoms with van der Waals surface area (Å²) in [6.07, 6.45) is 1.52. The maximum atomic E-state index is 11.3. The fourth-order valence-electron chi connectivity index (χ4n) is 1.20. The first-order valence-corrected chi connectivity index (χ1v) is 5.99. The van der Waals surface area contributed by atoms with Crippen LogP contribution in [0, 0.1) is 6.92 Å². The summed E-state index contributed by atoms with van der Waals surface area (Å²) < 4.78 is 0. The molecule has 0 aliphatic rings. The van der Waals surface area contributed by atoms with E-state index in [0.29, 0.717) is 15.7 Å². The Morgan fingerprint density at radius 2 is 2.11 bits per heavy atom. The van der Waals surface area contributed by atoms with Crippen molar-refractivity contribution in [2.45, 2.75) is 6.92 Å². The van der Waals surface area contributed by atoms with Crippen molar-refractivity contribution in [3.05, 3.63) is 49.9 Å². The third-order valence-corrected chi connectivity index (χ3v) is 2.93. The van der Waals surface area contributed by atoms with Crippen LogP contribution >= 0.6 is 23.2 Å². The van der Waals surface area contributed by atoms with Crippen LogP contribution in [0.25, 0.3) is 0 Å². The molecule has 0 fully saturated rings. The minimum Gasteiger partial charge on any atom is -0.288 e. The molecule has 2 N–H and O–H groups in total. The number of halogens is 2. The van der Waals surface area contributed by atoms with Gasteiger partial charge >= 0.3 is 0 Å². The van der Waals surface area contributed by atoms with E-state index >= 15 is 0 Å². The number of hydrazone groups is 1. The standard InChI is InChI=1S/C11H9Cl2N5O/c1-6-10(19)15-11(18-16-6)17-14-5-7-2-3-8(12)9(13)4-7/h2-5H,1H3,(H2,15,17,18,19)/b14-5-. The fourth-order valence-corrected chi connectivity index (χ4v) is 1.51. The summed E-state index contributed by atoms with van der Waals surface area (Å²) in [4.78, 5) is 13.8. The number of benzene rings is 1. The van der Waals surface area contributed by atoms with E-state index in [1.54, 1.807) is 25.1 Å². The lowest BCUT2D eigenvalue weighted by atomic mass is 10.2. The third-order valence-electron chi connectivity index (χ3n) is 2.19. The Kier molecular flexibility index (Phi) is 4.13. The summed E-state index contributed by atoms with van der Waals surface area (Å²) in [7, 11) is 0. The first-order chi connectivity index (χ1) is 9.06. The highest BCUT2D eigenvalue weighted by molar-refractivity contribution is 6.42. The van der Waals surface area contributed by atoms with Gasteiger partial charge in [0.1, 0.15) is 5.69 Å². The van der Waals surface area contributed by atoms with Crippen LogP contribution in [-0.2, 0) is 0 Å². The number of H-pyrrole nitrogens is 1. The van der Waals surface area contributed by atoms with Crippen LogP contribution in [0.4, 0.5) is 5.95 Å². The zero-order chi connectivity index (χ0) is 13.8. The molecule has 0 bridgehead atoms. The summed E-state index contributed by atoms with van der Waals surface area (Å²) in [6, 6.07) is 5.08. The van der Waals surface area contributed by atoms with E-state index < -0.39 is 0 Å². The van der Waals surface area contributed by atoms with E-state index in [1.807, 2.05) is 0 Å². The SMILES string of the molecule is Cc1nnc(N/N=C\c2ccc(Cl)c(Cl)c2)[nH]c1=O. The number of aromatic amines is 1. The zero-order valence-corrected chi connectivity index (χ0v) is 11.3. The van der Waals surface area contributed by atoms with Crippen LogP contribution in [0.3, 0.4) is 0 Å². The summed E-state index contributed by atoms with van der Waals surface area (Å²) in [5.74, 6) is 0.159. The van der Waals surface area contributed by atoms with Crippen molar-refractivity contribution in [2.75, 3.05) is 5.43 Å². The first-order valence-electron chi connectivity index (χ1n) is 5.24. The molecule has 0 atom stereocenters. The summed E-state index contributed by atoms with van der Waals surface area (Å²) in [6.45, 7) is 1.56. The molecule has 1 aromatic carbocycles. The summed E-state index contributed by atoms with van der Waals surface area (Å²) >= 11 is 11.7. The van der Waals surface area contributed by atoms with Crippen LogP contribution in [0.1, 0.15) is 11.3 Å². The molecule has 1 aromatic heterocycles. The highest BCUT2D eigenvalue weighted by atomic mass is 35.5. The molecule has 2 rings (SSSR count). The number of nitrogens with one attached hydrogen (secondary N) is 2. The highest BCUT2D eigenvalue weighted by Gasteiger charge is 1.99. The van der Waals surface area contributed by atoms with Gasteiger partial charge in [-0.2, -0.15) is 5.10 Å². The van der Waals surface area contributed by atoms with Gasteiger partial charge in [-0.25, -0.2) is 5.43 Å². The second-order valence-electron chi connectivity index (χ2n) is 3.63. The molecule has 8 heteroatoms. The fraction of sp³-hybridized carbons (Fsp3) is 0.0909. The highest BCUT2D eigenvalue weighted by Crippen LogP contribution is 2.21. The lowest BCUT2D eigenvalue weighted by Crippen LogP contribution is -2.15. The Balaban J connectivity index is 2.08. The molecule has 98 valence electrons. The van der Waals surface area contributed by atoms with Crippen LogP contribution in [-0.4, -0.2) is 21.4 Å². The van der Waals surface area contributed by atoms with Crippen LogP contribution in [0.15, 0.2) is 28.1 Å². The molecule has 0 spiro atoms. The Hall–Kier alpha value is -1.92. The Morgan fingerprint density at radius 1 is 1.32 bits per heavy atom. The Morgan fingerprint density at radius 3 is 2.79 bits per heavy atom. The van der Waals surface area contributed by atoms with Gasteiger partial charge in [-0.3, -0.25) is 9.78 Å². The van der Waals surface area contributed by atoms with E-state index in [9.17, 15) is 4.79 Å². The topological polar surface area (TPSA) is 83.0 Å². The maximum absolute atomic E-state index is 11.3. The molecular formula is C11H9Cl2N5O. The molecule has 0 unspecified atom stereocenters. The molecule has 0 saturated carbocycles. The summed E-state index contributed by atoms with van der Waals surface area (Å²) in [5.41, 5.74) is 3.29. The third kappa shape index (κ3) is 3.52. The van der Waals surface area contributed by atoms with E-state index in [-0.39, 0.29) is 11.5 Å². The molecule has 0 aliphatic carbocycles. The number of nitrogens with zero attached hydrogens (tertiary/aromatic N) is 3. The second-order valence-corrected chi connectivity index (χ2v) is 4.45. The molecule has 6 nitrogen and oxygen atoms in total. The second kappa shape index (κ2) is 5.81. The number of anilines is 1. The van der Waals surface area contributed by atoms with E-state index in [0.717, 1.165) is 5.56 Å². The quantitative estimate of drug-likeness (QED) is 0.672. The monoisotopic (exact) mass is 297 g/mol. The van der Waals surface area contributed by atoms with Gasteiger partial charge in [0, 0.05) is 0 Å². The van der Waals surface area contributed by atoms with Crippen molar-refractivity contribution in [3.63, 3.8) is 0 Å². The van der Waals surface area contributed by atoms with Crippen LogP contribution in [0.2, 0.25) is 10.0 Å². The number of rotatable bonds is 3. The molecule has 1 heterocycles. The average Bonchev–Trinajstić information content (AvgIpc) is 2.38. The van der Waals surface area contributed by atoms with Gasteiger partial charge < -0.3 is 0 Å². The number of hydrogen-bond acceptors (Lipinski definition) is 5. The molecular weight excluding hydrogens is 289 g/mol. The predicted molar refractivity (Wildman–Crippen MR) is 75.1 cm³/mol. The van der Waals surface area contributed by atoms with Gasteiger partial charge in [0.05, 0.1) is 16.3 Å². The molecule has 19 heavy (non-hydrogen) atoms. The Labute approximate surface area is 118 Å². The van der Waals surface area contributed by atoms with Crippen molar-refractivity contribution in [1.29, 1.82) is 0 Å². The van der Waals surface area contributed by atoms with Gasteiger partial charge in [-0.05, 0) is 24.6 Å². The number of hydrogen-bond donors (Lipinski definition) is 2. The lowest BCUT2D eigenvalue weighted by molar-refractivity contribution is 0.897. The maximum Gasteiger partial charge on any atom is 0.274 e. The average molecular weight is 298 g/mol. The minimum absolute atomic E-state index is 0.159. The van der Waals surface area contributed by atoms with Crippen molar-refractivity contribution < 1.29 is 0 Å². The van der Waals surface area contributed by atoms with Gasteiger partial charge in [0.15, 0.2) is 0 Å². The minimum atomic E-state index is -0.317. The van der Waals surface area contributed by atoms with Gasteiger partial charge in [-0.15, -0.1) is 10.2 Å². The first kappa shape index (κ1) is 13.5. The number of aryl methyl sites for hydroxylation is 1. The Bertz CT molecular complexity index is 683.